The molecule has 0 atom stereocenters. The molecule has 1 radical (unpaired) electrons. The molecule has 18 heavy (non-hydrogen) atoms. The Morgan fingerprint density at radius 3 is 0.333 bits per heavy atom. The topological polar surface area (TPSA) is 0 Å². The van der Waals surface area contributed by atoms with Crippen LogP contribution >= 0.6 is 0 Å². The van der Waals surface area contributed by atoms with E-state index in [2.05, 4.69) is 0 Å². The van der Waals surface area contributed by atoms with Crippen molar-refractivity contribution < 1.29 is 39.9 Å². The number of hydrogen-bond donors (Lipinski definition) is 0. The van der Waals surface area contributed by atoms with Crippen LogP contribution in [0.15, 0.2) is 97.2 Å². The summed E-state index contributed by atoms with van der Waals surface area (Å²) in [6.45, 7) is 0. The van der Waals surface area contributed by atoms with Gasteiger partial charge in [0.05, 0.1) is 0 Å². The largest absolute Gasteiger partial charge is 0.0623 e. The average Bonchev–Trinajstić information content (AvgIpc) is 2.15. The first-order valence-electron chi connectivity index (χ1n) is 5.33. The summed E-state index contributed by atoms with van der Waals surface area (Å²) in [7, 11) is 0. The van der Waals surface area contributed by atoms with Crippen molar-refractivity contribution in [1.29, 1.82) is 0 Å². The SMILES string of the molecule is C1=C\C=C/C=C\C=C/1.C1=C\C=C/C=C\C=C/1.[Gd].[K]. The number of rotatable bonds is 0. The molecule has 0 nitrogen and oxygen atoms in total. The van der Waals surface area contributed by atoms with Gasteiger partial charge in [-0.05, 0) is 0 Å². The van der Waals surface area contributed by atoms with Crippen LogP contribution in [-0.2, 0) is 0 Å². The van der Waals surface area contributed by atoms with Crippen molar-refractivity contribution >= 4 is 51.4 Å². The molecule has 0 fully saturated rings. The molecule has 0 heterocycles. The Morgan fingerprint density at radius 1 is 0.222 bits per heavy atom. The zero-order valence-corrected chi connectivity index (χ0v) is 16.0. The molecule has 2 aliphatic carbocycles. The van der Waals surface area contributed by atoms with E-state index in [1.54, 1.807) is 0 Å². The van der Waals surface area contributed by atoms with E-state index in [0.717, 1.165) is 0 Å². The van der Waals surface area contributed by atoms with Gasteiger partial charge in [0.25, 0.3) is 0 Å². The Kier molecular flexibility index (Phi) is 21.0. The first-order valence-corrected chi connectivity index (χ1v) is 5.33. The molecule has 2 heteroatoms. The monoisotopic (exact) mass is 405 g/mol. The van der Waals surface area contributed by atoms with Crippen molar-refractivity contribution in [2.45, 2.75) is 0 Å². The fourth-order valence-corrected chi connectivity index (χ4v) is 1.03. The van der Waals surface area contributed by atoms with Crippen LogP contribution in [0.3, 0.4) is 0 Å². The van der Waals surface area contributed by atoms with Crippen LogP contribution < -0.4 is 0 Å². The summed E-state index contributed by atoms with van der Waals surface area (Å²) in [6, 6.07) is 0. The van der Waals surface area contributed by atoms with Gasteiger partial charge in [-0.3, -0.25) is 0 Å². The summed E-state index contributed by atoms with van der Waals surface area (Å²) < 4.78 is 0. The van der Waals surface area contributed by atoms with E-state index in [1.165, 1.54) is 0 Å². The summed E-state index contributed by atoms with van der Waals surface area (Å²) in [6.07, 6.45) is 32.0. The van der Waals surface area contributed by atoms with Crippen LogP contribution in [0.2, 0.25) is 0 Å². The van der Waals surface area contributed by atoms with E-state index in [9.17, 15) is 0 Å². The van der Waals surface area contributed by atoms with Crippen LogP contribution in [0.25, 0.3) is 0 Å². The summed E-state index contributed by atoms with van der Waals surface area (Å²) in [4.78, 5) is 0. The van der Waals surface area contributed by atoms with Gasteiger partial charge >= 0.3 is 0 Å². The summed E-state index contributed by atoms with van der Waals surface area (Å²) in [5.74, 6) is 0. The first-order chi connectivity index (χ1) is 8.00. The summed E-state index contributed by atoms with van der Waals surface area (Å²) in [5.41, 5.74) is 0. The molecule has 0 amide bonds. The number of allylic oxidation sites excluding steroid dienone is 16. The second-order valence-electron chi connectivity index (χ2n) is 3.08. The fourth-order valence-electron chi connectivity index (χ4n) is 1.03. The van der Waals surface area contributed by atoms with Crippen LogP contribution in [0.5, 0.6) is 0 Å². The third-order valence-corrected chi connectivity index (χ3v) is 1.78. The van der Waals surface area contributed by atoms with Gasteiger partial charge in [0.15, 0.2) is 0 Å². The minimum absolute atomic E-state index is 0. The molecule has 89 valence electrons. The minimum Gasteiger partial charge on any atom is -0.0623 e. The Hall–Kier alpha value is 0.881. The van der Waals surface area contributed by atoms with Gasteiger partial charge in [0.1, 0.15) is 0 Å². The van der Waals surface area contributed by atoms with Crippen LogP contribution in [0.1, 0.15) is 0 Å². The van der Waals surface area contributed by atoms with Crippen LogP contribution in [0, 0.1) is 39.9 Å². The van der Waals surface area contributed by atoms with Gasteiger partial charge in [-0.1, -0.05) is 97.2 Å². The van der Waals surface area contributed by atoms with Gasteiger partial charge in [-0.2, -0.15) is 0 Å². The third-order valence-electron chi connectivity index (χ3n) is 1.78. The van der Waals surface area contributed by atoms with E-state index < -0.39 is 0 Å². The van der Waals surface area contributed by atoms with Crippen molar-refractivity contribution in [3.8, 4) is 0 Å². The predicted octanol–water partition coefficient (Wildman–Crippen LogP) is 4.07. The van der Waals surface area contributed by atoms with Crippen LogP contribution in [0.4, 0.5) is 0 Å². The quantitative estimate of drug-likeness (QED) is 0.534. The second-order valence-corrected chi connectivity index (χ2v) is 3.08. The Balaban J connectivity index is 0. The smallest absolute Gasteiger partial charge is 0 e. The van der Waals surface area contributed by atoms with Crippen molar-refractivity contribution in [2.75, 3.05) is 0 Å². The zero-order chi connectivity index (χ0) is 11.3. The molecule has 0 spiro atoms. The van der Waals surface area contributed by atoms with Crippen LogP contribution in [-0.4, -0.2) is 51.4 Å². The molecule has 0 aromatic heterocycles. The normalized spacial score (nSPS) is 28.4. The molecule has 0 saturated carbocycles. The molecule has 0 unspecified atom stereocenters. The maximum absolute atomic E-state index is 2.00. The Bertz CT molecular complexity index is 253. The van der Waals surface area contributed by atoms with E-state index in [0.29, 0.717) is 0 Å². The van der Waals surface area contributed by atoms with E-state index >= 15 is 0 Å². The Labute approximate surface area is 185 Å². The maximum atomic E-state index is 2.00. The Morgan fingerprint density at radius 2 is 0.278 bits per heavy atom. The maximum Gasteiger partial charge on any atom is 0 e. The summed E-state index contributed by atoms with van der Waals surface area (Å²) >= 11 is 0. The predicted molar refractivity (Wildman–Crippen MR) is 78.9 cm³/mol. The van der Waals surface area contributed by atoms with Crippen molar-refractivity contribution in [3.63, 3.8) is 0 Å². The van der Waals surface area contributed by atoms with Gasteiger partial charge < -0.3 is 0 Å². The van der Waals surface area contributed by atoms with E-state index in [-0.39, 0.29) is 91.3 Å². The molecule has 2 rings (SSSR count). The van der Waals surface area contributed by atoms with E-state index in [4.69, 9.17) is 0 Å². The molecule has 0 N–H and O–H groups in total. The fraction of sp³-hybridized carbons (Fsp3) is 0. The van der Waals surface area contributed by atoms with Crippen molar-refractivity contribution in [2.24, 2.45) is 0 Å². The molecule has 0 aliphatic heterocycles. The van der Waals surface area contributed by atoms with Gasteiger partial charge in [0.2, 0.25) is 0 Å². The third kappa shape index (κ3) is 14.9. The van der Waals surface area contributed by atoms with E-state index in [1.807, 2.05) is 97.2 Å². The molecule has 0 aromatic carbocycles. The second kappa shape index (κ2) is 17.9. The van der Waals surface area contributed by atoms with Gasteiger partial charge in [-0.25, -0.2) is 0 Å². The standard InChI is InChI=1S/2C8H8.Gd.K/c2*1-2-4-6-8-7-5-3-1;;/h2*1-8H;;/b2*2-1-,3-1?,4-2?,5-3-,6-4-,7-5?,8-6?,8-7-;;. The summed E-state index contributed by atoms with van der Waals surface area (Å²) in [5, 5.41) is 0. The molecule has 0 bridgehead atoms. The van der Waals surface area contributed by atoms with Gasteiger partial charge in [0, 0.05) is 91.3 Å². The minimum atomic E-state index is 0. The van der Waals surface area contributed by atoms with Crippen molar-refractivity contribution in [1.82, 2.24) is 0 Å². The first kappa shape index (κ1) is 21.2. The average molecular weight is 405 g/mol. The zero-order valence-electron chi connectivity index (χ0n) is 10.6. The molecule has 2 aliphatic rings. The molecular weight excluding hydrogens is 389 g/mol. The molecular formula is C16H16GdK. The van der Waals surface area contributed by atoms with Crippen molar-refractivity contribution in [3.05, 3.63) is 97.2 Å². The molecule has 0 aromatic rings. The van der Waals surface area contributed by atoms with Gasteiger partial charge in [-0.15, -0.1) is 0 Å². The number of hydrogen-bond acceptors (Lipinski definition) is 0. The molecule has 0 saturated heterocycles.